The monoisotopic (exact) mass is 235 g/mol. The van der Waals surface area contributed by atoms with Crippen molar-refractivity contribution in [2.45, 2.75) is 0 Å². The third-order valence-corrected chi connectivity index (χ3v) is 2.73. The van der Waals surface area contributed by atoms with E-state index >= 15 is 0 Å². The molecule has 0 unspecified atom stereocenters. The number of aromatic nitrogens is 3. The van der Waals surface area contributed by atoms with Gasteiger partial charge in [0.05, 0.1) is 22.6 Å². The first-order valence-electron chi connectivity index (χ1n) is 4.90. The number of halogens is 2. The molecule has 3 aromatic rings. The second-order valence-electron chi connectivity index (χ2n) is 3.80. The summed E-state index contributed by atoms with van der Waals surface area (Å²) in [5.41, 5.74) is 0.724. The Morgan fingerprint density at radius 3 is 2.71 bits per heavy atom. The molecule has 0 radical (unpaired) electrons. The van der Waals surface area contributed by atoms with E-state index in [1.165, 1.54) is 10.9 Å². The molecule has 2 aromatic heterocycles. The van der Waals surface area contributed by atoms with Crippen LogP contribution in [0.2, 0.25) is 0 Å². The Bertz CT molecular complexity index is 804. The van der Waals surface area contributed by atoms with E-state index in [9.17, 15) is 13.6 Å². The second kappa shape index (κ2) is 3.13. The maximum atomic E-state index is 13.1. The first kappa shape index (κ1) is 9.95. The Morgan fingerprint density at radius 2 is 1.94 bits per heavy atom. The molecule has 1 N–H and O–H groups in total. The van der Waals surface area contributed by atoms with E-state index < -0.39 is 11.6 Å². The number of rotatable bonds is 0. The van der Waals surface area contributed by atoms with Gasteiger partial charge in [0.2, 0.25) is 5.43 Å². The molecule has 0 amide bonds. The van der Waals surface area contributed by atoms with Gasteiger partial charge in [-0.2, -0.15) is 5.10 Å². The van der Waals surface area contributed by atoms with Crippen molar-refractivity contribution in [3.05, 3.63) is 40.2 Å². The Kier molecular flexibility index (Phi) is 1.83. The fraction of sp³-hybridized carbons (Fsp3) is 0.0909. The van der Waals surface area contributed by atoms with Crippen LogP contribution in [0.3, 0.4) is 0 Å². The molecule has 0 spiro atoms. The van der Waals surface area contributed by atoms with Gasteiger partial charge in [-0.3, -0.25) is 9.48 Å². The quantitative estimate of drug-likeness (QED) is 0.644. The highest BCUT2D eigenvalue weighted by molar-refractivity contribution is 5.90. The number of aromatic amines is 1. The Balaban J connectivity index is 2.62. The van der Waals surface area contributed by atoms with Crippen LogP contribution >= 0.6 is 0 Å². The number of hydrogen-bond acceptors (Lipinski definition) is 2. The molecule has 0 bridgehead atoms. The van der Waals surface area contributed by atoms with Crippen LogP contribution in [0.15, 0.2) is 23.1 Å². The lowest BCUT2D eigenvalue weighted by Gasteiger charge is -2.01. The molecule has 3 rings (SSSR count). The van der Waals surface area contributed by atoms with Gasteiger partial charge in [0, 0.05) is 13.1 Å². The van der Waals surface area contributed by atoms with Crippen molar-refractivity contribution in [1.29, 1.82) is 0 Å². The van der Waals surface area contributed by atoms with E-state index in [0.717, 1.165) is 12.1 Å². The van der Waals surface area contributed by atoms with Crippen LogP contribution in [0.4, 0.5) is 8.78 Å². The fourth-order valence-corrected chi connectivity index (χ4v) is 1.91. The maximum Gasteiger partial charge on any atom is 0.215 e. The van der Waals surface area contributed by atoms with E-state index in [-0.39, 0.29) is 16.3 Å². The van der Waals surface area contributed by atoms with Crippen molar-refractivity contribution in [1.82, 2.24) is 14.8 Å². The van der Waals surface area contributed by atoms with Gasteiger partial charge >= 0.3 is 0 Å². The minimum atomic E-state index is -1.04. The molecule has 6 heteroatoms. The summed E-state index contributed by atoms with van der Waals surface area (Å²) < 4.78 is 27.6. The SMILES string of the molecule is Cn1ncc2[nH]c3cc(F)c(F)cc3c(=O)c21. The highest BCUT2D eigenvalue weighted by Gasteiger charge is 2.12. The van der Waals surface area contributed by atoms with Gasteiger partial charge in [-0.25, -0.2) is 8.78 Å². The number of nitrogens with zero attached hydrogens (tertiary/aromatic N) is 2. The minimum absolute atomic E-state index is 0.111. The summed E-state index contributed by atoms with van der Waals surface area (Å²) in [5.74, 6) is -2.03. The van der Waals surface area contributed by atoms with E-state index in [0.29, 0.717) is 11.0 Å². The molecule has 1 aromatic carbocycles. The molecular weight excluding hydrogens is 228 g/mol. The van der Waals surface area contributed by atoms with Crippen LogP contribution in [0.25, 0.3) is 21.9 Å². The van der Waals surface area contributed by atoms with Crippen molar-refractivity contribution in [2.24, 2.45) is 7.05 Å². The number of benzene rings is 1. The number of pyridine rings is 1. The predicted molar refractivity (Wildman–Crippen MR) is 58.8 cm³/mol. The Labute approximate surface area is 93.5 Å². The van der Waals surface area contributed by atoms with Gasteiger partial charge in [0.15, 0.2) is 11.6 Å². The third-order valence-electron chi connectivity index (χ3n) is 2.73. The van der Waals surface area contributed by atoms with Crippen molar-refractivity contribution in [2.75, 3.05) is 0 Å². The van der Waals surface area contributed by atoms with Crippen molar-refractivity contribution in [3.63, 3.8) is 0 Å². The van der Waals surface area contributed by atoms with Crippen LogP contribution in [0.5, 0.6) is 0 Å². The van der Waals surface area contributed by atoms with Gasteiger partial charge < -0.3 is 4.98 Å². The molecule has 86 valence electrons. The average Bonchev–Trinajstić information content (AvgIpc) is 2.64. The third kappa shape index (κ3) is 1.27. The number of nitrogens with one attached hydrogen (secondary N) is 1. The largest absolute Gasteiger partial charge is 0.352 e. The van der Waals surface area contributed by atoms with Gasteiger partial charge in [-0.05, 0) is 6.07 Å². The topological polar surface area (TPSA) is 50.7 Å². The summed E-state index contributed by atoms with van der Waals surface area (Å²) >= 11 is 0. The summed E-state index contributed by atoms with van der Waals surface area (Å²) in [7, 11) is 1.61. The summed E-state index contributed by atoms with van der Waals surface area (Å²) in [4.78, 5) is 14.9. The molecule has 0 fully saturated rings. The van der Waals surface area contributed by atoms with Crippen LogP contribution < -0.4 is 5.43 Å². The van der Waals surface area contributed by atoms with Gasteiger partial charge in [0.25, 0.3) is 0 Å². The van der Waals surface area contributed by atoms with Crippen LogP contribution in [0.1, 0.15) is 0 Å². The minimum Gasteiger partial charge on any atom is -0.352 e. The molecule has 0 saturated carbocycles. The second-order valence-corrected chi connectivity index (χ2v) is 3.80. The average molecular weight is 235 g/mol. The molecule has 0 saturated heterocycles. The first-order valence-corrected chi connectivity index (χ1v) is 4.90. The molecule has 4 nitrogen and oxygen atoms in total. The standard InChI is InChI=1S/C11H7F2N3O/c1-16-10-9(4-14-16)15-8-3-7(13)6(12)2-5(8)11(10)17/h2-4H,1H3,(H,15,17). The van der Waals surface area contributed by atoms with Crippen molar-refractivity contribution >= 4 is 21.9 Å². The summed E-state index contributed by atoms with van der Waals surface area (Å²) in [6.45, 7) is 0. The van der Waals surface area contributed by atoms with Crippen molar-refractivity contribution < 1.29 is 8.78 Å². The highest BCUT2D eigenvalue weighted by atomic mass is 19.2. The highest BCUT2D eigenvalue weighted by Crippen LogP contribution is 2.17. The lowest BCUT2D eigenvalue weighted by atomic mass is 10.2. The summed E-state index contributed by atoms with van der Waals surface area (Å²) in [5, 5.41) is 4.03. The van der Waals surface area contributed by atoms with Crippen molar-refractivity contribution in [3.8, 4) is 0 Å². The molecular formula is C11H7F2N3O. The summed E-state index contributed by atoms with van der Waals surface area (Å²) in [6.07, 6.45) is 1.47. The number of fused-ring (bicyclic) bond motifs is 2. The molecule has 17 heavy (non-hydrogen) atoms. The molecule has 0 aliphatic heterocycles. The molecule has 0 aliphatic rings. The number of aryl methyl sites for hydroxylation is 1. The van der Waals surface area contributed by atoms with Crippen LogP contribution in [-0.2, 0) is 7.05 Å². The zero-order chi connectivity index (χ0) is 12.2. The zero-order valence-electron chi connectivity index (χ0n) is 8.79. The first-order chi connectivity index (χ1) is 8.08. The zero-order valence-corrected chi connectivity index (χ0v) is 8.79. The van der Waals surface area contributed by atoms with E-state index in [2.05, 4.69) is 10.1 Å². The number of hydrogen-bond donors (Lipinski definition) is 1. The molecule has 0 aliphatic carbocycles. The van der Waals surface area contributed by atoms with Crippen LogP contribution in [-0.4, -0.2) is 14.8 Å². The van der Waals surface area contributed by atoms with E-state index in [4.69, 9.17) is 0 Å². The fourth-order valence-electron chi connectivity index (χ4n) is 1.91. The molecule has 0 atom stereocenters. The van der Waals surface area contributed by atoms with E-state index in [1.54, 1.807) is 7.05 Å². The van der Waals surface area contributed by atoms with Gasteiger partial charge in [-0.15, -0.1) is 0 Å². The van der Waals surface area contributed by atoms with Gasteiger partial charge in [-0.1, -0.05) is 0 Å². The summed E-state index contributed by atoms with van der Waals surface area (Å²) in [6, 6.07) is 1.87. The van der Waals surface area contributed by atoms with Gasteiger partial charge in [0.1, 0.15) is 5.52 Å². The predicted octanol–water partition coefficient (Wildman–Crippen LogP) is 1.69. The van der Waals surface area contributed by atoms with E-state index in [1.807, 2.05) is 0 Å². The lowest BCUT2D eigenvalue weighted by molar-refractivity contribution is 0.510. The van der Waals surface area contributed by atoms with Crippen LogP contribution in [0, 0.1) is 11.6 Å². The normalized spacial score (nSPS) is 11.5. The maximum absolute atomic E-state index is 13.1. The smallest absolute Gasteiger partial charge is 0.215 e. The Morgan fingerprint density at radius 1 is 1.24 bits per heavy atom. The lowest BCUT2D eigenvalue weighted by Crippen LogP contribution is -2.08. The Hall–Kier alpha value is -2.24. The molecule has 2 heterocycles. The number of H-pyrrole nitrogens is 1.